The first-order valence-corrected chi connectivity index (χ1v) is 4.09. The minimum absolute atomic E-state index is 0.0249. The van der Waals surface area contributed by atoms with E-state index in [1.54, 1.807) is 0 Å². The Balaban J connectivity index is 2.41. The summed E-state index contributed by atoms with van der Waals surface area (Å²) in [5.74, 6) is -0.153. The molecule has 84 valence electrons. The molecule has 0 aliphatic heterocycles. The lowest BCUT2D eigenvalue weighted by molar-refractivity contribution is 0.276. The van der Waals surface area contributed by atoms with Crippen LogP contribution in [0.1, 0.15) is 11.4 Å². The average Bonchev–Trinajstić information content (AvgIpc) is 2.90. The highest BCUT2D eigenvalue weighted by atomic mass is 16.6. The third kappa shape index (κ3) is 1.56. The van der Waals surface area contributed by atoms with Crippen LogP contribution in [0.25, 0.3) is 0 Å². The first-order chi connectivity index (χ1) is 7.76. The maximum Gasteiger partial charge on any atom is 0.227 e. The average molecular weight is 225 g/mol. The van der Waals surface area contributed by atoms with Crippen molar-refractivity contribution in [1.82, 2.24) is 25.3 Å². The molecule has 0 amide bonds. The topological polar surface area (TPSA) is 148 Å². The van der Waals surface area contributed by atoms with Crippen LogP contribution < -0.4 is 5.73 Å². The highest BCUT2D eigenvalue weighted by Crippen LogP contribution is 2.07. The zero-order chi connectivity index (χ0) is 11.5. The monoisotopic (exact) mass is 225 g/mol. The summed E-state index contributed by atoms with van der Waals surface area (Å²) in [6.07, 6.45) is 1.35. The minimum atomic E-state index is -0.286. The quantitative estimate of drug-likeness (QED) is 0.240. The van der Waals surface area contributed by atoms with Crippen LogP contribution in [0, 0.1) is 0 Å². The van der Waals surface area contributed by atoms with Crippen LogP contribution in [-0.2, 0) is 6.61 Å². The zero-order valence-electron chi connectivity index (χ0n) is 7.85. The van der Waals surface area contributed by atoms with Crippen molar-refractivity contribution < 1.29 is 14.9 Å². The van der Waals surface area contributed by atoms with Crippen LogP contribution in [-0.4, -0.2) is 41.5 Å². The van der Waals surface area contributed by atoms with E-state index in [4.69, 9.17) is 16.0 Å². The summed E-state index contributed by atoms with van der Waals surface area (Å²) in [6, 6.07) is 0. The van der Waals surface area contributed by atoms with Crippen molar-refractivity contribution in [3.05, 3.63) is 17.6 Å². The van der Waals surface area contributed by atoms with Crippen molar-refractivity contribution in [3.63, 3.8) is 0 Å². The van der Waals surface area contributed by atoms with Gasteiger partial charge in [0.2, 0.25) is 5.84 Å². The van der Waals surface area contributed by atoms with Crippen molar-refractivity contribution in [3.8, 4) is 0 Å². The summed E-state index contributed by atoms with van der Waals surface area (Å²) in [5.41, 5.74) is 5.75. The predicted molar refractivity (Wildman–Crippen MR) is 48.4 cm³/mol. The number of nitrogens with two attached hydrogens (primary N) is 1. The molecule has 0 saturated heterocycles. The van der Waals surface area contributed by atoms with Crippen LogP contribution in [0.5, 0.6) is 0 Å². The van der Waals surface area contributed by atoms with Gasteiger partial charge in [-0.25, -0.2) is 4.63 Å². The number of rotatable bonds is 2. The molecule has 0 spiro atoms. The summed E-state index contributed by atoms with van der Waals surface area (Å²) in [6.45, 7) is -0.286. The molecule has 0 saturated carbocycles. The van der Waals surface area contributed by atoms with E-state index < -0.39 is 0 Å². The number of anilines is 1. The van der Waals surface area contributed by atoms with E-state index >= 15 is 0 Å². The Morgan fingerprint density at radius 1 is 1.56 bits per heavy atom. The van der Waals surface area contributed by atoms with Crippen molar-refractivity contribution in [2.75, 3.05) is 5.73 Å². The van der Waals surface area contributed by atoms with Gasteiger partial charge in [-0.1, -0.05) is 10.4 Å². The van der Waals surface area contributed by atoms with Crippen LogP contribution in [0.4, 0.5) is 5.82 Å². The smallest absolute Gasteiger partial charge is 0.227 e. The second-order valence-electron chi connectivity index (χ2n) is 2.73. The Hall–Kier alpha value is -2.49. The predicted octanol–water partition coefficient (Wildman–Crippen LogP) is -1.58. The molecule has 10 heteroatoms. The number of nitrogen functional groups attached to an aromatic ring is 1. The molecular formula is C6H7N7O3. The molecule has 0 radical (unpaired) electrons. The van der Waals surface area contributed by atoms with E-state index in [-0.39, 0.29) is 24.0 Å². The molecule has 16 heavy (non-hydrogen) atoms. The molecule has 0 aromatic carbocycles. The summed E-state index contributed by atoms with van der Waals surface area (Å²) in [4.78, 5) is 0. The summed E-state index contributed by atoms with van der Waals surface area (Å²) in [5, 5.41) is 34.6. The minimum Gasteiger partial charge on any atom is -0.409 e. The van der Waals surface area contributed by atoms with Gasteiger partial charge in [-0.2, -0.15) is 4.68 Å². The number of oxime groups is 1. The Morgan fingerprint density at radius 3 is 2.88 bits per heavy atom. The summed E-state index contributed by atoms with van der Waals surface area (Å²) in [7, 11) is 0. The molecule has 4 N–H and O–H groups in total. The lowest BCUT2D eigenvalue weighted by Crippen LogP contribution is -2.16. The Kier molecular flexibility index (Phi) is 2.47. The molecule has 2 heterocycles. The van der Waals surface area contributed by atoms with E-state index in [2.05, 4.69) is 30.4 Å². The van der Waals surface area contributed by atoms with Crippen molar-refractivity contribution in [2.24, 2.45) is 5.16 Å². The molecule has 2 aromatic heterocycles. The fourth-order valence-corrected chi connectivity index (χ4v) is 1.03. The number of aliphatic hydroxyl groups excluding tert-OH is 1. The van der Waals surface area contributed by atoms with Gasteiger partial charge in [-0.05, 0) is 10.3 Å². The molecule has 0 aliphatic rings. The van der Waals surface area contributed by atoms with Gasteiger partial charge in [0.15, 0.2) is 11.5 Å². The van der Waals surface area contributed by atoms with Gasteiger partial charge < -0.3 is 16.0 Å². The molecule has 0 aliphatic carbocycles. The highest BCUT2D eigenvalue weighted by Gasteiger charge is 2.18. The fraction of sp³-hybridized carbons (Fsp3) is 0.167. The molecule has 2 rings (SSSR count). The van der Waals surface area contributed by atoms with Gasteiger partial charge in [0.05, 0.1) is 12.8 Å². The maximum atomic E-state index is 8.83. The van der Waals surface area contributed by atoms with Crippen molar-refractivity contribution in [2.45, 2.75) is 6.61 Å². The van der Waals surface area contributed by atoms with Crippen LogP contribution in [0.15, 0.2) is 16.0 Å². The van der Waals surface area contributed by atoms with Crippen molar-refractivity contribution in [1.29, 1.82) is 0 Å². The lowest BCUT2D eigenvalue weighted by atomic mass is 10.4. The largest absolute Gasteiger partial charge is 0.409 e. The molecule has 0 fully saturated rings. The Morgan fingerprint density at radius 2 is 2.38 bits per heavy atom. The molecule has 0 bridgehead atoms. The normalized spacial score (nSPS) is 11.9. The van der Waals surface area contributed by atoms with Gasteiger partial charge in [0.1, 0.15) is 5.69 Å². The fourth-order valence-electron chi connectivity index (χ4n) is 1.03. The number of aromatic nitrogens is 5. The highest BCUT2D eigenvalue weighted by molar-refractivity contribution is 6.00. The van der Waals surface area contributed by atoms with Crippen LogP contribution >= 0.6 is 0 Å². The third-order valence-corrected chi connectivity index (χ3v) is 1.74. The SMILES string of the molecule is Nc1nonc1C(=NO)n1cc(CO)nn1. The van der Waals surface area contributed by atoms with Crippen LogP contribution in [0.3, 0.4) is 0 Å². The number of hydrogen-bond donors (Lipinski definition) is 3. The van der Waals surface area contributed by atoms with Gasteiger partial charge in [0.25, 0.3) is 0 Å². The third-order valence-electron chi connectivity index (χ3n) is 1.74. The van der Waals surface area contributed by atoms with E-state index in [1.807, 2.05) is 0 Å². The number of hydrogen-bond acceptors (Lipinski definition) is 9. The standard InChI is InChI=1S/C6H7N7O3/c7-5-4(10-16-11-5)6(9-15)13-1-3(2-14)8-12-13/h1,14-15H,2H2,(H2,7,11). The Bertz CT molecular complexity index is 516. The van der Waals surface area contributed by atoms with E-state index in [1.165, 1.54) is 6.20 Å². The Labute approximate surface area is 87.9 Å². The zero-order valence-corrected chi connectivity index (χ0v) is 7.85. The first-order valence-electron chi connectivity index (χ1n) is 4.09. The molecular weight excluding hydrogens is 218 g/mol. The van der Waals surface area contributed by atoms with E-state index in [0.29, 0.717) is 5.69 Å². The van der Waals surface area contributed by atoms with E-state index in [9.17, 15) is 0 Å². The van der Waals surface area contributed by atoms with E-state index in [0.717, 1.165) is 4.68 Å². The molecule has 10 nitrogen and oxygen atoms in total. The second kappa shape index (κ2) is 3.94. The van der Waals surface area contributed by atoms with Gasteiger partial charge in [0, 0.05) is 0 Å². The lowest BCUT2D eigenvalue weighted by Gasteiger charge is -1.97. The van der Waals surface area contributed by atoms with Crippen molar-refractivity contribution >= 4 is 11.7 Å². The number of nitrogens with zero attached hydrogens (tertiary/aromatic N) is 6. The molecule has 0 atom stereocenters. The van der Waals surface area contributed by atoms with Crippen LogP contribution in [0.2, 0.25) is 0 Å². The maximum absolute atomic E-state index is 8.83. The van der Waals surface area contributed by atoms with Gasteiger partial charge >= 0.3 is 0 Å². The number of aliphatic hydroxyl groups is 1. The van der Waals surface area contributed by atoms with Gasteiger partial charge in [-0.3, -0.25) is 0 Å². The summed E-state index contributed by atoms with van der Waals surface area (Å²) >= 11 is 0. The first kappa shape index (κ1) is 10.0. The molecule has 2 aromatic rings. The summed E-state index contributed by atoms with van der Waals surface area (Å²) < 4.78 is 5.44. The second-order valence-corrected chi connectivity index (χ2v) is 2.73. The van der Waals surface area contributed by atoms with Gasteiger partial charge in [-0.15, -0.1) is 5.10 Å². The molecule has 0 unspecified atom stereocenters.